The van der Waals surface area contributed by atoms with Crippen molar-refractivity contribution in [2.45, 2.75) is 59.0 Å². The average molecular weight is 260 g/mol. The van der Waals surface area contributed by atoms with E-state index in [1.165, 1.54) is 49.2 Å². The van der Waals surface area contributed by atoms with Gasteiger partial charge in [-0.15, -0.1) is 0 Å². The van der Waals surface area contributed by atoms with Gasteiger partial charge in [0.05, 0.1) is 0 Å². The first kappa shape index (κ1) is 14.4. The molecule has 0 saturated carbocycles. The van der Waals surface area contributed by atoms with Crippen molar-refractivity contribution in [3.8, 4) is 0 Å². The summed E-state index contributed by atoms with van der Waals surface area (Å²) in [6.45, 7) is 11.5. The Balaban J connectivity index is 1.87. The number of hydrogen-bond acceptors (Lipinski definition) is 2. The van der Waals surface area contributed by atoms with Gasteiger partial charge < -0.3 is 10.2 Å². The Morgan fingerprint density at radius 3 is 2.47 bits per heavy atom. The summed E-state index contributed by atoms with van der Waals surface area (Å²) >= 11 is 0. The molecule has 1 atom stereocenters. The van der Waals surface area contributed by atoms with Crippen LogP contribution in [-0.2, 0) is 0 Å². The van der Waals surface area contributed by atoms with Crippen molar-refractivity contribution in [1.29, 1.82) is 0 Å². The van der Waals surface area contributed by atoms with Crippen molar-refractivity contribution in [2.75, 3.05) is 18.4 Å². The highest BCUT2D eigenvalue weighted by molar-refractivity contribution is 5.48. The Bertz CT molecular complexity index is 406. The van der Waals surface area contributed by atoms with E-state index in [0.717, 1.165) is 6.04 Å². The van der Waals surface area contributed by atoms with E-state index in [1.54, 1.807) is 0 Å². The van der Waals surface area contributed by atoms with Crippen LogP contribution in [0.2, 0.25) is 0 Å². The molecular formula is C17H28N2. The zero-order valence-electron chi connectivity index (χ0n) is 12.9. The van der Waals surface area contributed by atoms with Gasteiger partial charge in [0, 0.05) is 30.9 Å². The van der Waals surface area contributed by atoms with Crippen LogP contribution >= 0.6 is 0 Å². The normalized spacial score (nSPS) is 19.4. The number of hydrogen-bond donors (Lipinski definition) is 1. The summed E-state index contributed by atoms with van der Waals surface area (Å²) in [4.78, 5) is 2.62. The Morgan fingerprint density at radius 1 is 1.21 bits per heavy atom. The molecule has 1 N–H and O–H groups in total. The third-order valence-corrected chi connectivity index (χ3v) is 4.62. The molecule has 0 spiro atoms. The second-order valence-electron chi connectivity index (χ2n) is 6.01. The van der Waals surface area contributed by atoms with E-state index < -0.39 is 0 Å². The van der Waals surface area contributed by atoms with Crippen molar-refractivity contribution >= 4 is 5.69 Å². The summed E-state index contributed by atoms with van der Waals surface area (Å²) in [5.41, 5.74) is 4.03. The fourth-order valence-electron chi connectivity index (χ4n) is 2.81. The number of anilines is 1. The molecule has 2 heteroatoms. The highest BCUT2D eigenvalue weighted by atomic mass is 15.2. The molecule has 1 aromatic carbocycles. The van der Waals surface area contributed by atoms with Crippen LogP contribution in [0.4, 0.5) is 5.69 Å². The number of rotatable bonds is 4. The Hall–Kier alpha value is -1.02. The molecule has 1 aromatic rings. The van der Waals surface area contributed by atoms with Crippen molar-refractivity contribution in [1.82, 2.24) is 4.90 Å². The molecule has 0 amide bonds. The van der Waals surface area contributed by atoms with Crippen molar-refractivity contribution in [2.24, 2.45) is 0 Å². The first-order chi connectivity index (χ1) is 9.10. The van der Waals surface area contributed by atoms with Crippen LogP contribution in [0.1, 0.15) is 44.2 Å². The lowest BCUT2D eigenvalue weighted by Crippen LogP contribution is -2.43. The third kappa shape index (κ3) is 3.73. The minimum Gasteiger partial charge on any atom is -0.382 e. The molecule has 0 aromatic heterocycles. The Morgan fingerprint density at radius 2 is 1.89 bits per heavy atom. The van der Waals surface area contributed by atoms with Gasteiger partial charge in [-0.25, -0.2) is 0 Å². The van der Waals surface area contributed by atoms with Gasteiger partial charge in [0.1, 0.15) is 0 Å². The molecule has 1 aliphatic rings. The van der Waals surface area contributed by atoms with Crippen LogP contribution in [0.25, 0.3) is 0 Å². The number of nitrogens with zero attached hydrogens (tertiary/aromatic N) is 1. The lowest BCUT2D eigenvalue weighted by molar-refractivity contribution is 0.163. The van der Waals surface area contributed by atoms with Gasteiger partial charge in [0.25, 0.3) is 0 Å². The Kier molecular flexibility index (Phi) is 4.87. The molecule has 19 heavy (non-hydrogen) atoms. The van der Waals surface area contributed by atoms with Gasteiger partial charge in [-0.3, -0.25) is 0 Å². The second-order valence-corrected chi connectivity index (χ2v) is 6.01. The van der Waals surface area contributed by atoms with E-state index in [4.69, 9.17) is 0 Å². The van der Waals surface area contributed by atoms with E-state index in [2.05, 4.69) is 56.1 Å². The highest BCUT2D eigenvalue weighted by Crippen LogP contribution is 2.20. The molecular weight excluding hydrogens is 232 g/mol. The van der Waals surface area contributed by atoms with Crippen molar-refractivity contribution in [3.05, 3.63) is 29.3 Å². The van der Waals surface area contributed by atoms with Crippen molar-refractivity contribution in [3.63, 3.8) is 0 Å². The lowest BCUT2D eigenvalue weighted by atomic mass is 10.0. The van der Waals surface area contributed by atoms with Gasteiger partial charge in [-0.05, 0) is 63.3 Å². The highest BCUT2D eigenvalue weighted by Gasteiger charge is 2.21. The summed E-state index contributed by atoms with van der Waals surface area (Å²) in [5.74, 6) is 0. The average Bonchev–Trinajstić information content (AvgIpc) is 2.43. The molecule has 1 fully saturated rings. The predicted octanol–water partition coefficient (Wildman–Crippen LogP) is 3.98. The minimum absolute atomic E-state index is 0.641. The number of likely N-dealkylation sites (tertiary alicyclic amines) is 1. The van der Waals surface area contributed by atoms with Crippen LogP contribution in [0.5, 0.6) is 0 Å². The van der Waals surface area contributed by atoms with Gasteiger partial charge in [-0.1, -0.05) is 13.0 Å². The summed E-state index contributed by atoms with van der Waals surface area (Å²) < 4.78 is 0. The van der Waals surface area contributed by atoms with Crippen molar-refractivity contribution < 1.29 is 0 Å². The first-order valence-electron chi connectivity index (χ1n) is 7.68. The molecule has 0 aliphatic carbocycles. The predicted molar refractivity (Wildman–Crippen MR) is 83.9 cm³/mol. The molecule has 0 bridgehead atoms. The number of benzene rings is 1. The zero-order chi connectivity index (χ0) is 13.8. The largest absolute Gasteiger partial charge is 0.382 e. The van der Waals surface area contributed by atoms with Crippen LogP contribution in [-0.4, -0.2) is 30.1 Å². The number of piperidine rings is 1. The molecule has 1 heterocycles. The van der Waals surface area contributed by atoms with E-state index >= 15 is 0 Å². The molecule has 2 nitrogen and oxygen atoms in total. The summed E-state index contributed by atoms with van der Waals surface area (Å²) in [6.07, 6.45) is 3.78. The molecule has 2 rings (SSSR count). The van der Waals surface area contributed by atoms with Gasteiger partial charge >= 0.3 is 0 Å². The topological polar surface area (TPSA) is 15.3 Å². The summed E-state index contributed by atoms with van der Waals surface area (Å²) in [6, 6.07) is 8.08. The first-order valence-corrected chi connectivity index (χ1v) is 7.68. The van der Waals surface area contributed by atoms with Crippen LogP contribution in [0.3, 0.4) is 0 Å². The van der Waals surface area contributed by atoms with Crippen LogP contribution < -0.4 is 5.32 Å². The fourth-order valence-corrected chi connectivity index (χ4v) is 2.81. The summed E-state index contributed by atoms with van der Waals surface area (Å²) in [5, 5.41) is 3.70. The van der Waals surface area contributed by atoms with Gasteiger partial charge in [0.2, 0.25) is 0 Å². The maximum atomic E-state index is 3.70. The Labute approximate surface area is 118 Å². The van der Waals surface area contributed by atoms with Gasteiger partial charge in [-0.2, -0.15) is 0 Å². The van der Waals surface area contributed by atoms with E-state index in [0.29, 0.717) is 6.04 Å². The van der Waals surface area contributed by atoms with Gasteiger partial charge in [0.15, 0.2) is 0 Å². The number of aryl methyl sites for hydroxylation is 2. The molecule has 106 valence electrons. The summed E-state index contributed by atoms with van der Waals surface area (Å²) in [7, 11) is 0. The second kappa shape index (κ2) is 6.42. The van der Waals surface area contributed by atoms with Crippen LogP contribution in [0, 0.1) is 13.8 Å². The molecule has 1 saturated heterocycles. The van der Waals surface area contributed by atoms with Crippen LogP contribution in [0.15, 0.2) is 18.2 Å². The third-order valence-electron chi connectivity index (χ3n) is 4.62. The van der Waals surface area contributed by atoms with E-state index in [-0.39, 0.29) is 0 Å². The number of nitrogens with one attached hydrogen (secondary N) is 1. The standard InChI is InChI=1S/C17H28N2/c1-5-15(4)19-10-8-16(9-11-19)18-17-7-6-13(2)14(3)12-17/h6-7,12,15-16,18H,5,8-11H2,1-4H3. The maximum absolute atomic E-state index is 3.70. The SMILES string of the molecule is CCC(C)N1CCC(Nc2ccc(C)c(C)c2)CC1. The van der Waals surface area contributed by atoms with E-state index in [9.17, 15) is 0 Å². The molecule has 1 aliphatic heterocycles. The minimum atomic E-state index is 0.641. The monoisotopic (exact) mass is 260 g/mol. The zero-order valence-corrected chi connectivity index (χ0v) is 12.9. The maximum Gasteiger partial charge on any atom is 0.0345 e. The lowest BCUT2D eigenvalue weighted by Gasteiger charge is -2.36. The smallest absolute Gasteiger partial charge is 0.0345 e. The fraction of sp³-hybridized carbons (Fsp3) is 0.647. The quantitative estimate of drug-likeness (QED) is 0.881. The van der Waals surface area contributed by atoms with E-state index in [1.807, 2.05) is 0 Å². The molecule has 1 unspecified atom stereocenters. The molecule has 0 radical (unpaired) electrons.